The van der Waals surface area contributed by atoms with Crippen LogP contribution in [0.3, 0.4) is 0 Å². The Morgan fingerprint density at radius 2 is 2.00 bits per heavy atom. The summed E-state index contributed by atoms with van der Waals surface area (Å²) in [5, 5.41) is 24.5. The molecule has 0 unspecified atom stereocenters. The number of nitrogens with zero attached hydrogens (tertiary/aromatic N) is 2. The molecule has 0 saturated carbocycles. The van der Waals surface area contributed by atoms with Crippen molar-refractivity contribution in [2.24, 2.45) is 0 Å². The summed E-state index contributed by atoms with van der Waals surface area (Å²) in [5.41, 5.74) is 0.594. The summed E-state index contributed by atoms with van der Waals surface area (Å²) >= 11 is 0. The topological polar surface area (TPSA) is 96.4 Å². The number of nitro groups is 1. The van der Waals surface area contributed by atoms with E-state index in [0.717, 1.165) is 0 Å². The summed E-state index contributed by atoms with van der Waals surface area (Å²) in [5.74, 6) is -0.750. The van der Waals surface area contributed by atoms with E-state index in [2.05, 4.69) is 0 Å². The van der Waals surface area contributed by atoms with Crippen LogP contribution in [0.2, 0.25) is 0 Å². The van der Waals surface area contributed by atoms with Gasteiger partial charge in [0.2, 0.25) is 0 Å². The highest BCUT2D eigenvalue weighted by Crippen LogP contribution is 2.37. The molecule has 7 nitrogen and oxygen atoms in total. The maximum Gasteiger partial charge on any atom is 0.356 e. The molecule has 124 valence electrons. The number of benzene rings is 1. The van der Waals surface area contributed by atoms with Crippen LogP contribution in [-0.4, -0.2) is 17.5 Å². The Kier molecular flexibility index (Phi) is 4.16. The highest BCUT2D eigenvalue weighted by atomic mass is 16.6. The van der Waals surface area contributed by atoms with E-state index in [-0.39, 0.29) is 17.9 Å². The number of ether oxygens (including phenoxy) is 1. The van der Waals surface area contributed by atoms with Gasteiger partial charge in [0.25, 0.3) is 0 Å². The molecular weight excluding hydrogens is 312 g/mol. The predicted molar refractivity (Wildman–Crippen MR) is 85.5 cm³/mol. The average Bonchev–Trinajstić information content (AvgIpc) is 3.05. The summed E-state index contributed by atoms with van der Waals surface area (Å²) in [4.78, 5) is 23.4. The van der Waals surface area contributed by atoms with Crippen LogP contribution in [0, 0.1) is 15.3 Å². The zero-order valence-corrected chi connectivity index (χ0v) is 13.2. The van der Waals surface area contributed by atoms with Gasteiger partial charge < -0.3 is 9.94 Å². The van der Waals surface area contributed by atoms with Crippen LogP contribution in [0.25, 0.3) is 11.3 Å². The van der Waals surface area contributed by atoms with Gasteiger partial charge in [-0.05, 0) is 31.9 Å². The van der Waals surface area contributed by atoms with Crippen molar-refractivity contribution < 1.29 is 19.2 Å². The summed E-state index contributed by atoms with van der Waals surface area (Å²) in [7, 11) is 0. The average molecular weight is 328 g/mol. The second kappa shape index (κ2) is 6.27. The Morgan fingerprint density at radius 3 is 2.62 bits per heavy atom. The number of hydrogen-bond donors (Lipinski definition) is 0. The Hall–Kier alpha value is -2.96. The van der Waals surface area contributed by atoms with Gasteiger partial charge in [0.05, 0.1) is 17.1 Å². The lowest BCUT2D eigenvalue weighted by Gasteiger charge is -2.13. The molecule has 0 N–H and O–H groups in total. The van der Waals surface area contributed by atoms with E-state index in [1.165, 1.54) is 0 Å². The number of carbonyl (C=O) groups is 1. The lowest BCUT2D eigenvalue weighted by Crippen LogP contribution is -2.37. The molecule has 3 rings (SSSR count). The molecule has 1 aromatic heterocycles. The van der Waals surface area contributed by atoms with Gasteiger partial charge in [0.1, 0.15) is 0 Å². The van der Waals surface area contributed by atoms with E-state index >= 15 is 0 Å². The van der Waals surface area contributed by atoms with Crippen LogP contribution in [0.1, 0.15) is 35.0 Å². The molecule has 1 aliphatic carbocycles. The second-order valence-corrected chi connectivity index (χ2v) is 5.49. The number of aromatic nitrogens is 1. The van der Waals surface area contributed by atoms with Gasteiger partial charge in [-0.15, -0.1) is 0 Å². The molecule has 0 saturated heterocycles. The van der Waals surface area contributed by atoms with Crippen molar-refractivity contribution in [1.29, 1.82) is 0 Å². The Morgan fingerprint density at radius 1 is 1.29 bits per heavy atom. The zero-order chi connectivity index (χ0) is 17.3. The van der Waals surface area contributed by atoms with Crippen LogP contribution in [0.15, 0.2) is 30.3 Å². The minimum atomic E-state index is -0.750. The van der Waals surface area contributed by atoms with Gasteiger partial charge in [-0.3, -0.25) is 10.1 Å². The van der Waals surface area contributed by atoms with Gasteiger partial charge in [0.15, 0.2) is 11.3 Å². The number of pyridine rings is 1. The third kappa shape index (κ3) is 2.47. The molecule has 2 aromatic rings. The number of hydrogen-bond acceptors (Lipinski definition) is 5. The molecule has 0 fully saturated rings. The first-order valence-corrected chi connectivity index (χ1v) is 7.74. The lowest BCUT2D eigenvalue weighted by molar-refractivity contribution is -0.605. The van der Waals surface area contributed by atoms with E-state index in [9.17, 15) is 20.1 Å². The SMILES string of the molecule is CCOC(=O)c1c2c([n+]([O-])c(-c3ccccc3)c1[N+](=O)[O-])CCC2. The van der Waals surface area contributed by atoms with Crippen molar-refractivity contribution in [3.05, 3.63) is 62.5 Å². The van der Waals surface area contributed by atoms with Crippen LogP contribution >= 0.6 is 0 Å². The minimum absolute atomic E-state index is 0.0831. The summed E-state index contributed by atoms with van der Waals surface area (Å²) in [6.07, 6.45) is 1.63. The molecule has 1 aliphatic rings. The monoisotopic (exact) mass is 328 g/mol. The Labute approximate surface area is 138 Å². The van der Waals surface area contributed by atoms with Crippen LogP contribution < -0.4 is 4.73 Å². The molecule has 0 radical (unpaired) electrons. The smallest absolute Gasteiger partial charge is 0.356 e. The fraction of sp³-hybridized carbons (Fsp3) is 0.294. The molecule has 0 atom stereocenters. The van der Waals surface area contributed by atoms with Crippen molar-refractivity contribution >= 4 is 11.7 Å². The normalized spacial score (nSPS) is 12.7. The van der Waals surface area contributed by atoms with Crippen molar-refractivity contribution in [2.45, 2.75) is 26.2 Å². The van der Waals surface area contributed by atoms with E-state index in [0.29, 0.717) is 40.8 Å². The van der Waals surface area contributed by atoms with Crippen molar-refractivity contribution in [3.8, 4) is 11.3 Å². The van der Waals surface area contributed by atoms with Crippen molar-refractivity contribution in [1.82, 2.24) is 0 Å². The number of rotatable bonds is 4. The van der Waals surface area contributed by atoms with Gasteiger partial charge in [-0.1, -0.05) is 18.2 Å². The molecule has 7 heteroatoms. The maximum absolute atomic E-state index is 12.8. The second-order valence-electron chi connectivity index (χ2n) is 5.49. The fourth-order valence-corrected chi connectivity index (χ4v) is 3.16. The molecule has 0 amide bonds. The molecule has 0 bridgehead atoms. The zero-order valence-electron chi connectivity index (χ0n) is 13.2. The predicted octanol–water partition coefficient (Wildman–Crippen LogP) is 2.56. The van der Waals surface area contributed by atoms with E-state index in [4.69, 9.17) is 4.74 Å². The first-order valence-electron chi connectivity index (χ1n) is 7.74. The van der Waals surface area contributed by atoms with Gasteiger partial charge in [-0.25, -0.2) is 4.79 Å². The summed E-state index contributed by atoms with van der Waals surface area (Å²) in [6, 6.07) is 8.37. The van der Waals surface area contributed by atoms with Crippen molar-refractivity contribution in [2.75, 3.05) is 6.61 Å². The summed E-state index contributed by atoms with van der Waals surface area (Å²) in [6.45, 7) is 1.75. The molecule has 1 aromatic carbocycles. The van der Waals surface area contributed by atoms with Gasteiger partial charge in [-0.2, -0.15) is 4.73 Å². The van der Waals surface area contributed by atoms with Crippen LogP contribution in [0.4, 0.5) is 5.69 Å². The maximum atomic E-state index is 12.8. The third-order valence-electron chi connectivity index (χ3n) is 4.11. The molecular formula is C17H16N2O5. The van der Waals surface area contributed by atoms with Crippen LogP contribution in [-0.2, 0) is 17.6 Å². The Balaban J connectivity index is 2.39. The molecule has 1 heterocycles. The van der Waals surface area contributed by atoms with Gasteiger partial charge in [0, 0.05) is 12.0 Å². The third-order valence-corrected chi connectivity index (χ3v) is 4.11. The fourth-order valence-electron chi connectivity index (χ4n) is 3.16. The number of esters is 1. The van der Waals surface area contributed by atoms with Gasteiger partial charge >= 0.3 is 17.4 Å². The number of carbonyl (C=O) groups excluding carboxylic acids is 1. The molecule has 0 aliphatic heterocycles. The highest BCUT2D eigenvalue weighted by Gasteiger charge is 2.41. The minimum Gasteiger partial charge on any atom is -0.618 e. The number of fused-ring (bicyclic) bond motifs is 1. The molecule has 24 heavy (non-hydrogen) atoms. The van der Waals surface area contributed by atoms with E-state index in [1.54, 1.807) is 37.3 Å². The first-order chi connectivity index (χ1) is 11.6. The first kappa shape index (κ1) is 15.9. The quantitative estimate of drug-likeness (QED) is 0.282. The van der Waals surface area contributed by atoms with Crippen molar-refractivity contribution in [3.63, 3.8) is 0 Å². The van der Waals surface area contributed by atoms with E-state index < -0.39 is 16.6 Å². The van der Waals surface area contributed by atoms with Crippen LogP contribution in [0.5, 0.6) is 0 Å². The standard InChI is InChI=1S/C17H16N2O5/c1-2-24-17(20)14-12-9-6-10-13(12)18(21)15(16(14)19(22)23)11-7-4-3-5-8-11/h3-5,7-8H,2,6,9-10H2,1H3. The molecule has 0 spiro atoms. The Bertz CT molecular complexity index is 818. The summed E-state index contributed by atoms with van der Waals surface area (Å²) < 4.78 is 5.63. The largest absolute Gasteiger partial charge is 0.618 e. The lowest BCUT2D eigenvalue weighted by atomic mass is 10.00. The highest BCUT2D eigenvalue weighted by molar-refractivity contribution is 5.98. The van der Waals surface area contributed by atoms with E-state index in [1.807, 2.05) is 0 Å².